The van der Waals surface area contributed by atoms with Crippen molar-refractivity contribution >= 4 is 32.4 Å². The number of hydrogen-bond acceptors (Lipinski definition) is 5. The zero-order chi connectivity index (χ0) is 18.9. The summed E-state index contributed by atoms with van der Waals surface area (Å²) in [6.07, 6.45) is 3.47. The molecule has 0 atom stereocenters. The molecule has 0 saturated carbocycles. The van der Waals surface area contributed by atoms with Gasteiger partial charge in [0, 0.05) is 29.2 Å². The average molecular weight is 399 g/mol. The van der Waals surface area contributed by atoms with Crippen molar-refractivity contribution in [1.82, 2.24) is 14.7 Å². The van der Waals surface area contributed by atoms with Crippen LogP contribution in [0.4, 0.5) is 0 Å². The highest BCUT2D eigenvalue weighted by Crippen LogP contribution is 2.32. The van der Waals surface area contributed by atoms with Gasteiger partial charge < -0.3 is 9.72 Å². The van der Waals surface area contributed by atoms with Crippen LogP contribution in [0, 0.1) is 0 Å². The van der Waals surface area contributed by atoms with Crippen LogP contribution in [0.1, 0.15) is 5.56 Å². The predicted octanol–water partition coefficient (Wildman–Crippen LogP) is 3.78. The molecule has 0 saturated heterocycles. The molecular formula is C19H17N3O3S2. The molecule has 4 aromatic rings. The molecule has 1 aromatic carbocycles. The Balaban J connectivity index is 1.55. The lowest BCUT2D eigenvalue weighted by Crippen LogP contribution is -2.22. The van der Waals surface area contributed by atoms with Crippen LogP contribution in [0.3, 0.4) is 0 Å². The molecule has 0 aliphatic carbocycles. The van der Waals surface area contributed by atoms with Crippen molar-refractivity contribution in [3.8, 4) is 16.2 Å². The first-order valence-corrected chi connectivity index (χ1v) is 10.5. The molecule has 27 heavy (non-hydrogen) atoms. The van der Waals surface area contributed by atoms with Crippen LogP contribution >= 0.6 is 11.3 Å². The molecule has 3 aromatic heterocycles. The summed E-state index contributed by atoms with van der Waals surface area (Å²) in [6, 6.07) is 14.7. The molecule has 0 fully saturated rings. The molecule has 4 rings (SSSR count). The number of thiophene rings is 1. The van der Waals surface area contributed by atoms with E-state index in [4.69, 9.17) is 4.74 Å². The molecule has 0 radical (unpaired) electrons. The minimum Gasteiger partial charge on any atom is -0.497 e. The Morgan fingerprint density at radius 3 is 2.93 bits per heavy atom. The fourth-order valence-electron chi connectivity index (χ4n) is 2.80. The maximum Gasteiger partial charge on any atom is 0.250 e. The fraction of sp³-hybridized carbons (Fsp3) is 0.105. The van der Waals surface area contributed by atoms with Gasteiger partial charge in [0.05, 0.1) is 7.11 Å². The van der Waals surface area contributed by atoms with Crippen molar-refractivity contribution < 1.29 is 13.2 Å². The van der Waals surface area contributed by atoms with E-state index in [1.807, 2.05) is 42.5 Å². The lowest BCUT2D eigenvalue weighted by atomic mass is 10.2. The van der Waals surface area contributed by atoms with Crippen LogP contribution in [-0.2, 0) is 16.6 Å². The van der Waals surface area contributed by atoms with Gasteiger partial charge in [-0.05, 0) is 47.5 Å². The Morgan fingerprint density at radius 1 is 1.19 bits per heavy atom. The smallest absolute Gasteiger partial charge is 0.250 e. The quantitative estimate of drug-likeness (QED) is 0.517. The SMILES string of the molecule is COc1cccc(-c2ccc(S(=O)(=O)NCc3c[nH]c4ncccc34)s2)c1. The van der Waals surface area contributed by atoms with Crippen LogP contribution in [0.5, 0.6) is 5.75 Å². The second-order valence-electron chi connectivity index (χ2n) is 5.89. The number of pyridine rings is 1. The van der Waals surface area contributed by atoms with E-state index in [1.165, 1.54) is 11.3 Å². The zero-order valence-electron chi connectivity index (χ0n) is 14.5. The van der Waals surface area contributed by atoms with Gasteiger partial charge in [-0.1, -0.05) is 12.1 Å². The van der Waals surface area contributed by atoms with Gasteiger partial charge >= 0.3 is 0 Å². The van der Waals surface area contributed by atoms with Crippen LogP contribution in [0.25, 0.3) is 21.5 Å². The summed E-state index contributed by atoms with van der Waals surface area (Å²) in [4.78, 5) is 8.13. The standard InChI is InChI=1S/C19H17N3O3S2/c1-25-15-5-2-4-13(10-15)17-7-8-18(26-17)27(23,24)22-12-14-11-21-19-16(14)6-3-9-20-19/h2-11,22H,12H2,1H3,(H,20,21). The third-order valence-corrected chi connectivity index (χ3v) is 7.22. The summed E-state index contributed by atoms with van der Waals surface area (Å²) in [5.74, 6) is 0.733. The second kappa shape index (κ2) is 7.15. The van der Waals surface area contributed by atoms with E-state index in [2.05, 4.69) is 14.7 Å². The highest BCUT2D eigenvalue weighted by Gasteiger charge is 2.18. The summed E-state index contributed by atoms with van der Waals surface area (Å²) < 4.78 is 33.5. The van der Waals surface area contributed by atoms with Gasteiger partial charge in [0.15, 0.2) is 0 Å². The summed E-state index contributed by atoms with van der Waals surface area (Å²) in [5.41, 5.74) is 2.51. The van der Waals surface area contributed by atoms with E-state index in [0.717, 1.165) is 32.8 Å². The summed E-state index contributed by atoms with van der Waals surface area (Å²) in [6.45, 7) is 0.195. The lowest BCUT2D eigenvalue weighted by molar-refractivity contribution is 0.415. The van der Waals surface area contributed by atoms with Gasteiger partial charge in [0.1, 0.15) is 15.6 Å². The van der Waals surface area contributed by atoms with Gasteiger partial charge in [0.2, 0.25) is 10.0 Å². The molecule has 3 heterocycles. The van der Waals surface area contributed by atoms with E-state index in [9.17, 15) is 8.42 Å². The Labute approximate surface area is 160 Å². The van der Waals surface area contributed by atoms with Gasteiger partial charge in [-0.3, -0.25) is 0 Å². The van der Waals surface area contributed by atoms with E-state index in [1.54, 1.807) is 25.6 Å². The van der Waals surface area contributed by atoms with Gasteiger partial charge in [0.25, 0.3) is 0 Å². The summed E-state index contributed by atoms with van der Waals surface area (Å²) in [7, 11) is -2.00. The minimum atomic E-state index is -3.60. The monoisotopic (exact) mass is 399 g/mol. The number of fused-ring (bicyclic) bond motifs is 1. The molecule has 0 spiro atoms. The topological polar surface area (TPSA) is 84.1 Å². The number of benzene rings is 1. The number of sulfonamides is 1. The van der Waals surface area contributed by atoms with Crippen LogP contribution in [0.2, 0.25) is 0 Å². The van der Waals surface area contributed by atoms with Crippen LogP contribution < -0.4 is 9.46 Å². The van der Waals surface area contributed by atoms with Crippen molar-refractivity contribution in [3.63, 3.8) is 0 Å². The largest absolute Gasteiger partial charge is 0.497 e. The molecular weight excluding hydrogens is 382 g/mol. The van der Waals surface area contributed by atoms with E-state index < -0.39 is 10.0 Å². The fourth-order valence-corrected chi connectivity index (χ4v) is 5.15. The van der Waals surface area contributed by atoms with Crippen LogP contribution in [-0.4, -0.2) is 25.5 Å². The van der Waals surface area contributed by atoms with Crippen molar-refractivity contribution in [2.45, 2.75) is 10.8 Å². The summed E-state index contributed by atoms with van der Waals surface area (Å²) >= 11 is 1.23. The molecule has 0 unspecified atom stereocenters. The minimum absolute atomic E-state index is 0.195. The molecule has 138 valence electrons. The number of rotatable bonds is 6. The van der Waals surface area contributed by atoms with E-state index in [-0.39, 0.29) is 10.8 Å². The number of methoxy groups -OCH3 is 1. The number of nitrogens with zero attached hydrogens (tertiary/aromatic N) is 1. The zero-order valence-corrected chi connectivity index (χ0v) is 16.1. The number of ether oxygens (including phenoxy) is 1. The molecule has 0 amide bonds. The van der Waals surface area contributed by atoms with Crippen molar-refractivity contribution in [3.05, 3.63) is 66.5 Å². The van der Waals surface area contributed by atoms with Gasteiger partial charge in [-0.15, -0.1) is 11.3 Å². The number of aromatic nitrogens is 2. The maximum absolute atomic E-state index is 12.7. The Kier molecular flexibility index (Phi) is 4.69. The molecule has 0 bridgehead atoms. The third kappa shape index (κ3) is 3.59. The van der Waals surface area contributed by atoms with Crippen molar-refractivity contribution in [2.75, 3.05) is 7.11 Å². The molecule has 0 aliphatic heterocycles. The van der Waals surface area contributed by atoms with Gasteiger partial charge in [-0.25, -0.2) is 18.1 Å². The van der Waals surface area contributed by atoms with E-state index in [0.29, 0.717) is 0 Å². The first kappa shape index (κ1) is 17.7. The molecule has 8 heteroatoms. The number of nitrogens with one attached hydrogen (secondary N) is 2. The normalized spacial score (nSPS) is 11.7. The second-order valence-corrected chi connectivity index (χ2v) is 8.97. The molecule has 6 nitrogen and oxygen atoms in total. The first-order chi connectivity index (χ1) is 13.1. The first-order valence-electron chi connectivity index (χ1n) is 8.22. The highest BCUT2D eigenvalue weighted by molar-refractivity contribution is 7.91. The third-order valence-electron chi connectivity index (χ3n) is 4.19. The Hall–Kier alpha value is -2.68. The number of H-pyrrole nitrogens is 1. The summed E-state index contributed by atoms with van der Waals surface area (Å²) in [5, 5.41) is 0.906. The predicted molar refractivity (Wildman–Crippen MR) is 106 cm³/mol. The highest BCUT2D eigenvalue weighted by atomic mass is 32.2. The number of hydrogen-bond donors (Lipinski definition) is 2. The Morgan fingerprint density at radius 2 is 2.07 bits per heavy atom. The van der Waals surface area contributed by atoms with Crippen LogP contribution in [0.15, 0.2) is 65.1 Å². The average Bonchev–Trinajstić information content (AvgIpc) is 3.34. The molecule has 0 aliphatic rings. The van der Waals surface area contributed by atoms with Crippen molar-refractivity contribution in [2.24, 2.45) is 0 Å². The maximum atomic E-state index is 12.7. The Bertz CT molecular complexity index is 1200. The van der Waals surface area contributed by atoms with Crippen molar-refractivity contribution in [1.29, 1.82) is 0 Å². The molecule has 2 N–H and O–H groups in total. The van der Waals surface area contributed by atoms with Gasteiger partial charge in [-0.2, -0.15) is 0 Å². The lowest BCUT2D eigenvalue weighted by Gasteiger charge is -2.04. The number of aromatic amines is 1. The van der Waals surface area contributed by atoms with E-state index >= 15 is 0 Å².